The molecule has 0 saturated carbocycles. The molecule has 1 fully saturated rings. The largest absolute Gasteiger partial charge is 0.367 e. The Morgan fingerprint density at radius 2 is 1.59 bits per heavy atom. The maximum Gasteiger partial charge on any atom is 0.276 e. The second kappa shape index (κ2) is 8.68. The summed E-state index contributed by atoms with van der Waals surface area (Å²) in [6, 6.07) is 15.3. The third-order valence-electron chi connectivity index (χ3n) is 5.08. The van der Waals surface area contributed by atoms with Crippen molar-refractivity contribution in [2.75, 3.05) is 47.4 Å². The molecule has 0 atom stereocenters. The first-order chi connectivity index (χ1) is 14.3. The summed E-state index contributed by atoms with van der Waals surface area (Å²) >= 11 is 0. The van der Waals surface area contributed by atoms with Crippen LogP contribution in [0.1, 0.15) is 17.4 Å². The molecule has 29 heavy (non-hydrogen) atoms. The van der Waals surface area contributed by atoms with Gasteiger partial charge in [0.05, 0.1) is 11.9 Å². The van der Waals surface area contributed by atoms with Gasteiger partial charge in [-0.25, -0.2) is 15.0 Å². The zero-order chi connectivity index (χ0) is 20.1. The average Bonchev–Trinajstić information content (AvgIpc) is 2.81. The molecular formula is C22H24N6O. The molecule has 1 aliphatic heterocycles. The van der Waals surface area contributed by atoms with Gasteiger partial charge in [-0.2, -0.15) is 0 Å². The standard InChI is InChI=1S/C22H24N6O/c1-2-28(18-7-4-3-5-8-18)21(29)20-10-9-19(17-25-20)26-13-15-27(16-14-26)22-23-11-6-12-24-22/h3-12,17H,2,13-16H2,1H3. The van der Waals surface area contributed by atoms with E-state index < -0.39 is 0 Å². The summed E-state index contributed by atoms with van der Waals surface area (Å²) in [4.78, 5) is 32.2. The first-order valence-electron chi connectivity index (χ1n) is 9.86. The van der Waals surface area contributed by atoms with Crippen LogP contribution in [0.25, 0.3) is 0 Å². The maximum absolute atomic E-state index is 12.9. The van der Waals surface area contributed by atoms with Crippen molar-refractivity contribution in [3.8, 4) is 0 Å². The molecule has 0 N–H and O–H groups in total. The Morgan fingerprint density at radius 3 is 2.21 bits per heavy atom. The predicted octanol–water partition coefficient (Wildman–Crippen LogP) is 2.86. The maximum atomic E-state index is 12.9. The van der Waals surface area contributed by atoms with Gasteiger partial charge in [-0.05, 0) is 37.3 Å². The van der Waals surface area contributed by atoms with Crippen molar-refractivity contribution in [3.63, 3.8) is 0 Å². The number of piperazine rings is 1. The summed E-state index contributed by atoms with van der Waals surface area (Å²) in [5.41, 5.74) is 2.36. The zero-order valence-electron chi connectivity index (χ0n) is 16.5. The first-order valence-corrected chi connectivity index (χ1v) is 9.86. The fourth-order valence-corrected chi connectivity index (χ4v) is 3.51. The van der Waals surface area contributed by atoms with Crippen molar-refractivity contribution in [1.82, 2.24) is 15.0 Å². The second-order valence-electron chi connectivity index (χ2n) is 6.81. The highest BCUT2D eigenvalue weighted by atomic mass is 16.2. The van der Waals surface area contributed by atoms with Crippen LogP contribution in [0, 0.1) is 0 Å². The van der Waals surface area contributed by atoms with Crippen LogP contribution >= 0.6 is 0 Å². The number of nitrogens with zero attached hydrogens (tertiary/aromatic N) is 6. The lowest BCUT2D eigenvalue weighted by Gasteiger charge is -2.35. The number of amides is 1. The van der Waals surface area contributed by atoms with E-state index in [9.17, 15) is 4.79 Å². The summed E-state index contributed by atoms with van der Waals surface area (Å²) in [6.45, 7) is 5.98. The lowest BCUT2D eigenvalue weighted by atomic mass is 10.2. The Hall–Kier alpha value is -3.48. The Balaban J connectivity index is 1.41. The van der Waals surface area contributed by atoms with Crippen molar-refractivity contribution >= 4 is 23.2 Å². The lowest BCUT2D eigenvalue weighted by molar-refractivity contribution is 0.0983. The highest BCUT2D eigenvalue weighted by Crippen LogP contribution is 2.20. The van der Waals surface area contributed by atoms with E-state index in [0.29, 0.717) is 12.2 Å². The summed E-state index contributed by atoms with van der Waals surface area (Å²) in [5, 5.41) is 0. The number of carbonyl (C=O) groups is 1. The molecule has 4 rings (SSSR count). The van der Waals surface area contributed by atoms with Crippen LogP contribution in [0.5, 0.6) is 0 Å². The lowest BCUT2D eigenvalue weighted by Crippen LogP contribution is -2.47. The number of pyridine rings is 1. The molecule has 0 unspecified atom stereocenters. The molecule has 1 aromatic carbocycles. The number of anilines is 3. The van der Waals surface area contributed by atoms with Gasteiger partial charge in [0, 0.05) is 50.8 Å². The van der Waals surface area contributed by atoms with Gasteiger partial charge >= 0.3 is 0 Å². The highest BCUT2D eigenvalue weighted by molar-refractivity contribution is 6.04. The number of carbonyl (C=O) groups excluding carboxylic acids is 1. The molecule has 148 valence electrons. The number of aromatic nitrogens is 3. The van der Waals surface area contributed by atoms with Crippen LogP contribution < -0.4 is 14.7 Å². The molecule has 1 saturated heterocycles. The van der Waals surface area contributed by atoms with Crippen molar-refractivity contribution in [3.05, 3.63) is 72.8 Å². The van der Waals surface area contributed by atoms with E-state index in [4.69, 9.17) is 0 Å². The number of hydrogen-bond donors (Lipinski definition) is 0. The second-order valence-corrected chi connectivity index (χ2v) is 6.81. The van der Waals surface area contributed by atoms with E-state index in [2.05, 4.69) is 24.8 Å². The number of rotatable bonds is 5. The van der Waals surface area contributed by atoms with Crippen LogP contribution in [-0.4, -0.2) is 53.6 Å². The smallest absolute Gasteiger partial charge is 0.276 e. The molecule has 7 heteroatoms. The fraction of sp³-hybridized carbons (Fsp3) is 0.273. The average molecular weight is 388 g/mol. The minimum atomic E-state index is -0.0868. The monoisotopic (exact) mass is 388 g/mol. The van der Waals surface area contributed by atoms with E-state index in [1.54, 1.807) is 23.5 Å². The van der Waals surface area contributed by atoms with E-state index in [0.717, 1.165) is 43.5 Å². The minimum absolute atomic E-state index is 0.0868. The first kappa shape index (κ1) is 18.9. The molecule has 0 spiro atoms. The Labute approximate surface area is 170 Å². The predicted molar refractivity (Wildman–Crippen MR) is 114 cm³/mol. The van der Waals surface area contributed by atoms with Crippen LogP contribution in [0.3, 0.4) is 0 Å². The van der Waals surface area contributed by atoms with E-state index >= 15 is 0 Å². The van der Waals surface area contributed by atoms with E-state index in [1.807, 2.05) is 55.5 Å². The van der Waals surface area contributed by atoms with E-state index in [-0.39, 0.29) is 5.91 Å². The van der Waals surface area contributed by atoms with Crippen LogP contribution in [0.2, 0.25) is 0 Å². The molecule has 0 radical (unpaired) electrons. The molecule has 7 nitrogen and oxygen atoms in total. The topological polar surface area (TPSA) is 65.5 Å². The quantitative estimate of drug-likeness (QED) is 0.670. The molecule has 1 aliphatic rings. The highest BCUT2D eigenvalue weighted by Gasteiger charge is 2.21. The summed E-state index contributed by atoms with van der Waals surface area (Å²) in [7, 11) is 0. The van der Waals surface area contributed by atoms with Crippen molar-refractivity contribution in [2.24, 2.45) is 0 Å². The Kier molecular flexibility index (Phi) is 5.65. The normalized spacial score (nSPS) is 14.0. The third kappa shape index (κ3) is 4.18. The van der Waals surface area contributed by atoms with Gasteiger partial charge in [-0.1, -0.05) is 18.2 Å². The number of para-hydroxylation sites is 1. The van der Waals surface area contributed by atoms with Gasteiger partial charge in [0.1, 0.15) is 5.69 Å². The van der Waals surface area contributed by atoms with Crippen molar-refractivity contribution < 1.29 is 4.79 Å². The van der Waals surface area contributed by atoms with Crippen molar-refractivity contribution in [2.45, 2.75) is 6.92 Å². The van der Waals surface area contributed by atoms with Gasteiger partial charge in [-0.3, -0.25) is 4.79 Å². The zero-order valence-corrected chi connectivity index (χ0v) is 16.5. The van der Waals surface area contributed by atoms with Gasteiger partial charge in [0.15, 0.2) is 0 Å². The summed E-state index contributed by atoms with van der Waals surface area (Å²) in [5.74, 6) is 0.683. The molecule has 3 heterocycles. The summed E-state index contributed by atoms with van der Waals surface area (Å²) in [6.07, 6.45) is 5.33. The van der Waals surface area contributed by atoms with Gasteiger partial charge in [0.25, 0.3) is 5.91 Å². The summed E-state index contributed by atoms with van der Waals surface area (Å²) < 4.78 is 0. The molecular weight excluding hydrogens is 364 g/mol. The molecule has 3 aromatic rings. The number of benzene rings is 1. The number of hydrogen-bond acceptors (Lipinski definition) is 6. The minimum Gasteiger partial charge on any atom is -0.367 e. The molecule has 1 amide bonds. The Morgan fingerprint density at radius 1 is 0.897 bits per heavy atom. The van der Waals surface area contributed by atoms with Crippen LogP contribution in [0.15, 0.2) is 67.1 Å². The third-order valence-corrected chi connectivity index (χ3v) is 5.08. The molecule has 0 bridgehead atoms. The van der Waals surface area contributed by atoms with Gasteiger partial charge < -0.3 is 14.7 Å². The van der Waals surface area contributed by atoms with Gasteiger partial charge in [0.2, 0.25) is 5.95 Å². The van der Waals surface area contributed by atoms with E-state index in [1.165, 1.54) is 0 Å². The molecule has 0 aliphatic carbocycles. The van der Waals surface area contributed by atoms with Crippen molar-refractivity contribution in [1.29, 1.82) is 0 Å². The Bertz CT molecular complexity index is 925. The van der Waals surface area contributed by atoms with Crippen LogP contribution in [-0.2, 0) is 0 Å². The van der Waals surface area contributed by atoms with Gasteiger partial charge in [-0.15, -0.1) is 0 Å². The fourth-order valence-electron chi connectivity index (χ4n) is 3.51. The molecule has 2 aromatic heterocycles. The SMILES string of the molecule is CCN(C(=O)c1ccc(N2CCN(c3ncccn3)CC2)cn1)c1ccccc1. The van der Waals surface area contributed by atoms with Crippen LogP contribution in [0.4, 0.5) is 17.3 Å².